The third-order valence-corrected chi connectivity index (χ3v) is 4.97. The molecule has 0 aromatic carbocycles. The molecule has 7 heteroatoms. The summed E-state index contributed by atoms with van der Waals surface area (Å²) in [4.78, 5) is 39.3. The van der Waals surface area contributed by atoms with E-state index in [1.165, 1.54) is 4.90 Å². The van der Waals surface area contributed by atoms with E-state index in [0.717, 1.165) is 25.7 Å². The molecule has 2 saturated heterocycles. The van der Waals surface area contributed by atoms with Gasteiger partial charge in [-0.1, -0.05) is 12.8 Å². The topological polar surface area (TPSA) is 87.1 Å². The first-order valence-electron chi connectivity index (χ1n) is 7.98. The second-order valence-electron chi connectivity index (χ2n) is 6.35. The van der Waals surface area contributed by atoms with Gasteiger partial charge in [0.1, 0.15) is 0 Å². The van der Waals surface area contributed by atoms with Crippen LogP contribution in [0.25, 0.3) is 0 Å². The Morgan fingerprint density at radius 2 is 1.95 bits per heavy atom. The Labute approximate surface area is 129 Å². The molecule has 3 rings (SSSR count). The highest BCUT2D eigenvalue weighted by Crippen LogP contribution is 2.30. The molecule has 2 heterocycles. The van der Waals surface area contributed by atoms with E-state index in [0.29, 0.717) is 13.2 Å². The first kappa shape index (κ1) is 15.3. The first-order valence-corrected chi connectivity index (χ1v) is 7.98. The van der Waals surface area contributed by atoms with Crippen molar-refractivity contribution in [3.63, 3.8) is 0 Å². The van der Waals surface area contributed by atoms with Crippen molar-refractivity contribution in [3.8, 4) is 0 Å². The lowest BCUT2D eigenvalue weighted by Gasteiger charge is -2.34. The minimum Gasteiger partial charge on any atom is -0.480 e. The number of carbonyl (C=O) groups is 3. The molecule has 0 radical (unpaired) electrons. The number of carboxylic acids is 1. The van der Waals surface area contributed by atoms with E-state index in [-0.39, 0.29) is 37.4 Å². The van der Waals surface area contributed by atoms with Crippen LogP contribution in [0.3, 0.4) is 0 Å². The number of nitrogens with zero attached hydrogens (tertiary/aromatic N) is 2. The van der Waals surface area contributed by atoms with Crippen LogP contribution in [-0.4, -0.2) is 71.1 Å². The van der Waals surface area contributed by atoms with Gasteiger partial charge in [-0.2, -0.15) is 0 Å². The van der Waals surface area contributed by atoms with E-state index in [1.54, 1.807) is 0 Å². The summed E-state index contributed by atoms with van der Waals surface area (Å²) in [5.41, 5.74) is 0. The third kappa shape index (κ3) is 2.82. The maximum atomic E-state index is 12.6. The Kier molecular flexibility index (Phi) is 4.33. The monoisotopic (exact) mass is 310 g/mol. The summed E-state index contributed by atoms with van der Waals surface area (Å²) >= 11 is 0. The van der Waals surface area contributed by atoms with E-state index >= 15 is 0 Å². The minimum absolute atomic E-state index is 0.0219. The third-order valence-electron chi connectivity index (χ3n) is 4.97. The standard InChI is InChI=1S/C15H22N2O5/c18-13-7-10(8-17(13)11-3-1-2-4-11)14(19)16-5-6-22-9-12(16)15(20)21/h10-12H,1-9H2,(H,20,21)/t10-,12+/m0/s1. The molecule has 1 saturated carbocycles. The van der Waals surface area contributed by atoms with Gasteiger partial charge in [0.15, 0.2) is 6.04 Å². The Morgan fingerprint density at radius 1 is 1.23 bits per heavy atom. The minimum atomic E-state index is -1.05. The van der Waals surface area contributed by atoms with Crippen LogP contribution in [0, 0.1) is 5.92 Å². The number of ether oxygens (including phenoxy) is 1. The number of amides is 2. The molecule has 0 spiro atoms. The molecule has 1 aliphatic carbocycles. The van der Waals surface area contributed by atoms with E-state index in [2.05, 4.69) is 0 Å². The summed E-state index contributed by atoms with van der Waals surface area (Å²) in [6.07, 6.45) is 4.51. The molecule has 0 aromatic rings. The fraction of sp³-hybridized carbons (Fsp3) is 0.800. The lowest BCUT2D eigenvalue weighted by molar-refractivity contribution is -0.160. The first-order chi connectivity index (χ1) is 10.6. The van der Waals surface area contributed by atoms with Gasteiger partial charge in [0.25, 0.3) is 0 Å². The average Bonchev–Trinajstić information content (AvgIpc) is 3.15. The highest BCUT2D eigenvalue weighted by molar-refractivity contribution is 5.91. The highest BCUT2D eigenvalue weighted by Gasteiger charge is 2.43. The Bertz CT molecular complexity index is 475. The van der Waals surface area contributed by atoms with Crippen LogP contribution in [0.15, 0.2) is 0 Å². The quantitative estimate of drug-likeness (QED) is 0.798. The summed E-state index contributed by atoms with van der Waals surface area (Å²) in [6.45, 7) is 1.09. The number of carbonyl (C=O) groups excluding carboxylic acids is 2. The van der Waals surface area contributed by atoms with Crippen molar-refractivity contribution in [2.75, 3.05) is 26.3 Å². The maximum absolute atomic E-state index is 12.6. The smallest absolute Gasteiger partial charge is 0.328 e. The van der Waals surface area contributed by atoms with Gasteiger partial charge in [-0.15, -0.1) is 0 Å². The van der Waals surface area contributed by atoms with Gasteiger partial charge >= 0.3 is 5.97 Å². The lowest BCUT2D eigenvalue weighted by atomic mass is 10.1. The van der Waals surface area contributed by atoms with Crippen LogP contribution in [0.2, 0.25) is 0 Å². The van der Waals surface area contributed by atoms with Gasteiger partial charge in [0, 0.05) is 25.6 Å². The van der Waals surface area contributed by atoms with Crippen molar-refractivity contribution >= 4 is 17.8 Å². The lowest BCUT2D eigenvalue weighted by Crippen LogP contribution is -2.54. The van der Waals surface area contributed by atoms with Crippen LogP contribution in [0.5, 0.6) is 0 Å². The predicted molar refractivity (Wildman–Crippen MR) is 76.0 cm³/mol. The predicted octanol–water partition coefficient (Wildman–Crippen LogP) is 0.0895. The zero-order chi connectivity index (χ0) is 15.7. The van der Waals surface area contributed by atoms with Gasteiger partial charge in [0.2, 0.25) is 11.8 Å². The molecule has 122 valence electrons. The molecule has 7 nitrogen and oxygen atoms in total. The van der Waals surface area contributed by atoms with Gasteiger partial charge < -0.3 is 19.6 Å². The van der Waals surface area contributed by atoms with E-state index in [4.69, 9.17) is 4.74 Å². The van der Waals surface area contributed by atoms with Gasteiger partial charge in [-0.05, 0) is 12.8 Å². The molecule has 2 aliphatic heterocycles. The van der Waals surface area contributed by atoms with Crippen LogP contribution in [-0.2, 0) is 19.1 Å². The molecule has 22 heavy (non-hydrogen) atoms. The zero-order valence-electron chi connectivity index (χ0n) is 12.6. The summed E-state index contributed by atoms with van der Waals surface area (Å²) in [5, 5.41) is 9.23. The van der Waals surface area contributed by atoms with E-state index in [9.17, 15) is 19.5 Å². The van der Waals surface area contributed by atoms with Crippen LogP contribution >= 0.6 is 0 Å². The van der Waals surface area contributed by atoms with Crippen molar-refractivity contribution in [1.29, 1.82) is 0 Å². The molecule has 3 aliphatic rings. The van der Waals surface area contributed by atoms with Crippen molar-refractivity contribution in [1.82, 2.24) is 9.80 Å². The van der Waals surface area contributed by atoms with Gasteiger partial charge in [0.05, 0.1) is 19.1 Å². The van der Waals surface area contributed by atoms with Crippen molar-refractivity contribution in [2.45, 2.75) is 44.2 Å². The Morgan fingerprint density at radius 3 is 2.64 bits per heavy atom. The Hall–Kier alpha value is -1.63. The van der Waals surface area contributed by atoms with Gasteiger partial charge in [-0.25, -0.2) is 4.79 Å². The average molecular weight is 310 g/mol. The van der Waals surface area contributed by atoms with Crippen molar-refractivity contribution in [3.05, 3.63) is 0 Å². The summed E-state index contributed by atoms with van der Waals surface area (Å²) in [7, 11) is 0. The fourth-order valence-corrected chi connectivity index (χ4v) is 3.77. The maximum Gasteiger partial charge on any atom is 0.328 e. The molecular weight excluding hydrogens is 288 g/mol. The number of carboxylic acid groups (broad SMARTS) is 1. The Balaban J connectivity index is 1.67. The number of morpholine rings is 1. The highest BCUT2D eigenvalue weighted by atomic mass is 16.5. The van der Waals surface area contributed by atoms with E-state index in [1.807, 2.05) is 4.90 Å². The van der Waals surface area contributed by atoms with Crippen molar-refractivity contribution in [2.24, 2.45) is 5.92 Å². The molecule has 2 atom stereocenters. The van der Waals surface area contributed by atoms with Crippen molar-refractivity contribution < 1.29 is 24.2 Å². The summed E-state index contributed by atoms with van der Waals surface area (Å²) in [5.74, 6) is -1.65. The van der Waals surface area contributed by atoms with Gasteiger partial charge in [-0.3, -0.25) is 9.59 Å². The molecule has 0 bridgehead atoms. The number of hydrogen-bond acceptors (Lipinski definition) is 4. The van der Waals surface area contributed by atoms with E-state index < -0.39 is 17.9 Å². The second-order valence-corrected chi connectivity index (χ2v) is 6.35. The van der Waals surface area contributed by atoms with Crippen LogP contribution in [0.1, 0.15) is 32.1 Å². The molecule has 0 unspecified atom stereocenters. The zero-order valence-corrected chi connectivity index (χ0v) is 12.6. The van der Waals surface area contributed by atoms with Crippen LogP contribution in [0.4, 0.5) is 0 Å². The largest absolute Gasteiger partial charge is 0.480 e. The molecule has 2 amide bonds. The van der Waals surface area contributed by atoms with Crippen LogP contribution < -0.4 is 0 Å². The normalized spacial score (nSPS) is 30.1. The number of aliphatic carboxylic acids is 1. The number of likely N-dealkylation sites (tertiary alicyclic amines) is 1. The fourth-order valence-electron chi connectivity index (χ4n) is 3.77. The molecule has 0 aromatic heterocycles. The molecule has 3 fully saturated rings. The SMILES string of the molecule is O=C(O)[C@H]1COCCN1C(=O)[C@H]1CC(=O)N(C2CCCC2)C1. The number of rotatable bonds is 3. The molecule has 1 N–H and O–H groups in total. The summed E-state index contributed by atoms with van der Waals surface area (Å²) < 4.78 is 5.16. The number of hydrogen-bond donors (Lipinski definition) is 1. The molecular formula is C15H22N2O5. The summed E-state index contributed by atoms with van der Waals surface area (Å²) in [6, 6.07) is -0.665. The second kappa shape index (κ2) is 6.24.